The Morgan fingerprint density at radius 1 is 1.44 bits per heavy atom. The first-order valence-electron chi connectivity index (χ1n) is 6.51. The summed E-state index contributed by atoms with van der Waals surface area (Å²) in [5.41, 5.74) is 1.05. The summed E-state index contributed by atoms with van der Waals surface area (Å²) >= 11 is 1.48. The summed E-state index contributed by atoms with van der Waals surface area (Å²) in [6, 6.07) is 1.96. The summed E-state index contributed by atoms with van der Waals surface area (Å²) < 4.78 is 0. The standard InChI is InChI=1S/C14H23NO2S/c1-4-14(5-2,7-8-16)10-15-13(17)12-11(3)6-9-18-12/h6,9,16H,4-5,7-8,10H2,1-3H3,(H,15,17). The van der Waals surface area contributed by atoms with Crippen LogP contribution in [0.2, 0.25) is 0 Å². The Balaban J connectivity index is 2.63. The number of rotatable bonds is 7. The van der Waals surface area contributed by atoms with E-state index in [1.165, 1.54) is 11.3 Å². The first-order valence-corrected chi connectivity index (χ1v) is 7.39. The third-order valence-electron chi connectivity index (χ3n) is 3.83. The average Bonchev–Trinajstić information content (AvgIpc) is 2.80. The number of aryl methyl sites for hydroxylation is 1. The van der Waals surface area contributed by atoms with Gasteiger partial charge >= 0.3 is 0 Å². The second-order valence-corrected chi connectivity index (χ2v) is 5.71. The molecule has 0 saturated heterocycles. The molecule has 0 atom stereocenters. The van der Waals surface area contributed by atoms with Crippen molar-refractivity contribution in [2.45, 2.75) is 40.0 Å². The van der Waals surface area contributed by atoms with E-state index in [4.69, 9.17) is 5.11 Å². The van der Waals surface area contributed by atoms with E-state index in [2.05, 4.69) is 19.2 Å². The quantitative estimate of drug-likeness (QED) is 0.799. The largest absolute Gasteiger partial charge is 0.396 e. The molecule has 1 amide bonds. The van der Waals surface area contributed by atoms with Crippen LogP contribution >= 0.6 is 11.3 Å². The molecule has 0 aliphatic rings. The molecule has 0 aromatic carbocycles. The second kappa shape index (κ2) is 6.90. The van der Waals surface area contributed by atoms with E-state index >= 15 is 0 Å². The predicted molar refractivity (Wildman–Crippen MR) is 76.1 cm³/mol. The molecule has 2 N–H and O–H groups in total. The van der Waals surface area contributed by atoms with Crippen molar-refractivity contribution in [2.24, 2.45) is 5.41 Å². The molecular weight excluding hydrogens is 246 g/mol. The van der Waals surface area contributed by atoms with Crippen LogP contribution in [0.15, 0.2) is 11.4 Å². The van der Waals surface area contributed by atoms with Crippen molar-refractivity contribution in [3.63, 3.8) is 0 Å². The Kier molecular flexibility index (Phi) is 5.82. The number of carbonyl (C=O) groups is 1. The van der Waals surface area contributed by atoms with E-state index in [0.29, 0.717) is 6.54 Å². The van der Waals surface area contributed by atoms with Crippen molar-refractivity contribution < 1.29 is 9.90 Å². The van der Waals surface area contributed by atoms with Gasteiger partial charge in [-0.1, -0.05) is 13.8 Å². The second-order valence-electron chi connectivity index (χ2n) is 4.80. The molecule has 0 fully saturated rings. The van der Waals surface area contributed by atoms with Crippen LogP contribution < -0.4 is 5.32 Å². The lowest BCUT2D eigenvalue weighted by Gasteiger charge is -2.31. The maximum atomic E-state index is 12.0. The van der Waals surface area contributed by atoms with Crippen LogP contribution in [0.25, 0.3) is 0 Å². The number of amides is 1. The maximum absolute atomic E-state index is 12.0. The summed E-state index contributed by atoms with van der Waals surface area (Å²) in [6.45, 7) is 6.99. The maximum Gasteiger partial charge on any atom is 0.261 e. The van der Waals surface area contributed by atoms with Crippen LogP contribution in [0.3, 0.4) is 0 Å². The smallest absolute Gasteiger partial charge is 0.261 e. The first-order chi connectivity index (χ1) is 8.58. The van der Waals surface area contributed by atoms with Crippen molar-refractivity contribution in [1.29, 1.82) is 0 Å². The molecule has 1 heterocycles. The highest BCUT2D eigenvalue weighted by atomic mass is 32.1. The van der Waals surface area contributed by atoms with Gasteiger partial charge in [0.15, 0.2) is 0 Å². The minimum atomic E-state index is 0.00622. The Labute approximate surface area is 113 Å². The molecule has 0 saturated carbocycles. The zero-order valence-electron chi connectivity index (χ0n) is 11.5. The van der Waals surface area contributed by atoms with Crippen molar-refractivity contribution in [1.82, 2.24) is 5.32 Å². The van der Waals surface area contributed by atoms with Gasteiger partial charge in [0.05, 0.1) is 4.88 Å². The Morgan fingerprint density at radius 3 is 2.56 bits per heavy atom. The van der Waals surface area contributed by atoms with E-state index in [9.17, 15) is 4.79 Å². The summed E-state index contributed by atoms with van der Waals surface area (Å²) in [5.74, 6) is 0.00622. The molecule has 0 spiro atoms. The predicted octanol–water partition coefficient (Wildman–Crippen LogP) is 2.98. The molecule has 0 aliphatic heterocycles. The van der Waals surface area contributed by atoms with Gasteiger partial charge in [0, 0.05) is 13.2 Å². The lowest BCUT2D eigenvalue weighted by molar-refractivity contribution is 0.0911. The number of aliphatic hydroxyl groups excluding tert-OH is 1. The fourth-order valence-corrected chi connectivity index (χ4v) is 2.97. The lowest BCUT2D eigenvalue weighted by atomic mass is 9.79. The summed E-state index contributed by atoms with van der Waals surface area (Å²) in [7, 11) is 0. The fraction of sp³-hybridized carbons (Fsp3) is 0.643. The zero-order valence-corrected chi connectivity index (χ0v) is 12.3. The summed E-state index contributed by atoms with van der Waals surface area (Å²) in [6.07, 6.45) is 2.67. The normalized spacial score (nSPS) is 11.6. The molecule has 3 nitrogen and oxygen atoms in total. The molecule has 1 aromatic rings. The number of nitrogens with one attached hydrogen (secondary N) is 1. The van der Waals surface area contributed by atoms with Crippen molar-refractivity contribution in [3.8, 4) is 0 Å². The molecule has 0 radical (unpaired) electrons. The molecule has 1 aromatic heterocycles. The highest BCUT2D eigenvalue weighted by Crippen LogP contribution is 2.29. The van der Waals surface area contributed by atoms with Crippen LogP contribution in [-0.2, 0) is 0 Å². The number of hydrogen-bond donors (Lipinski definition) is 2. The molecule has 0 bridgehead atoms. The summed E-state index contributed by atoms with van der Waals surface area (Å²) in [4.78, 5) is 12.8. The fourth-order valence-electron chi connectivity index (χ4n) is 2.13. The monoisotopic (exact) mass is 269 g/mol. The van der Waals surface area contributed by atoms with Crippen LogP contribution in [0, 0.1) is 12.3 Å². The van der Waals surface area contributed by atoms with E-state index in [-0.39, 0.29) is 17.9 Å². The van der Waals surface area contributed by atoms with Crippen molar-refractivity contribution in [2.75, 3.05) is 13.2 Å². The van der Waals surface area contributed by atoms with Gasteiger partial charge in [0.1, 0.15) is 0 Å². The van der Waals surface area contributed by atoms with E-state index < -0.39 is 0 Å². The molecular formula is C14H23NO2S. The van der Waals surface area contributed by atoms with E-state index in [0.717, 1.165) is 29.7 Å². The van der Waals surface area contributed by atoms with Crippen LogP contribution in [0.1, 0.15) is 48.3 Å². The van der Waals surface area contributed by atoms with Gasteiger partial charge in [0.2, 0.25) is 0 Å². The molecule has 0 aliphatic carbocycles. The lowest BCUT2D eigenvalue weighted by Crippen LogP contribution is -2.37. The van der Waals surface area contributed by atoms with Crippen molar-refractivity contribution in [3.05, 3.63) is 21.9 Å². The minimum Gasteiger partial charge on any atom is -0.396 e. The molecule has 1 rings (SSSR count). The Bertz CT molecular complexity index is 383. The Hall–Kier alpha value is -0.870. The molecule has 102 valence electrons. The van der Waals surface area contributed by atoms with Gasteiger partial charge in [-0.15, -0.1) is 11.3 Å². The van der Waals surface area contributed by atoms with E-state index in [1.54, 1.807) is 0 Å². The van der Waals surface area contributed by atoms with Crippen LogP contribution in [-0.4, -0.2) is 24.2 Å². The van der Waals surface area contributed by atoms with Gasteiger partial charge < -0.3 is 10.4 Å². The first kappa shape index (κ1) is 15.2. The third-order valence-corrected chi connectivity index (χ3v) is 4.85. The van der Waals surface area contributed by atoms with Gasteiger partial charge in [-0.2, -0.15) is 0 Å². The highest BCUT2D eigenvalue weighted by Gasteiger charge is 2.26. The molecule has 0 unspecified atom stereocenters. The van der Waals surface area contributed by atoms with Gasteiger partial charge in [0.25, 0.3) is 5.91 Å². The third kappa shape index (κ3) is 3.56. The Morgan fingerprint density at radius 2 is 2.11 bits per heavy atom. The SMILES string of the molecule is CCC(CC)(CCO)CNC(=O)c1sccc1C. The molecule has 4 heteroatoms. The van der Waals surface area contributed by atoms with E-state index in [1.807, 2.05) is 18.4 Å². The van der Waals surface area contributed by atoms with Gasteiger partial charge in [-0.05, 0) is 48.6 Å². The highest BCUT2D eigenvalue weighted by molar-refractivity contribution is 7.12. The average molecular weight is 269 g/mol. The zero-order chi connectivity index (χ0) is 13.6. The van der Waals surface area contributed by atoms with Gasteiger partial charge in [-0.3, -0.25) is 4.79 Å². The van der Waals surface area contributed by atoms with Crippen LogP contribution in [0.5, 0.6) is 0 Å². The number of aliphatic hydroxyl groups is 1. The summed E-state index contributed by atoms with van der Waals surface area (Å²) in [5, 5.41) is 14.1. The number of carbonyl (C=O) groups excluding carboxylic acids is 1. The minimum absolute atomic E-state index is 0.00622. The van der Waals surface area contributed by atoms with Crippen molar-refractivity contribution >= 4 is 17.2 Å². The van der Waals surface area contributed by atoms with Crippen LogP contribution in [0.4, 0.5) is 0 Å². The van der Waals surface area contributed by atoms with Gasteiger partial charge in [-0.25, -0.2) is 0 Å². The topological polar surface area (TPSA) is 49.3 Å². The molecule has 18 heavy (non-hydrogen) atoms. The number of thiophene rings is 1. The number of hydrogen-bond acceptors (Lipinski definition) is 3.